The summed E-state index contributed by atoms with van der Waals surface area (Å²) in [5, 5.41) is 7.72. The van der Waals surface area contributed by atoms with Gasteiger partial charge in [0.25, 0.3) is 0 Å². The summed E-state index contributed by atoms with van der Waals surface area (Å²) in [5.41, 5.74) is 8.48. The van der Waals surface area contributed by atoms with Crippen LogP contribution in [0.25, 0.3) is 0 Å². The highest BCUT2D eigenvalue weighted by atomic mass is 35.5. The van der Waals surface area contributed by atoms with E-state index in [2.05, 4.69) is 10.4 Å². The van der Waals surface area contributed by atoms with Gasteiger partial charge < -0.3 is 11.1 Å². The molecular weight excluding hydrogens is 444 g/mol. The van der Waals surface area contributed by atoms with E-state index in [1.165, 1.54) is 16.8 Å². The zero-order valence-electron chi connectivity index (χ0n) is 16.6. The molecule has 0 saturated heterocycles. The number of anilines is 2. The van der Waals surface area contributed by atoms with Gasteiger partial charge in [-0.1, -0.05) is 35.4 Å². The van der Waals surface area contributed by atoms with Crippen molar-refractivity contribution >= 4 is 50.6 Å². The van der Waals surface area contributed by atoms with Gasteiger partial charge in [-0.2, -0.15) is 5.10 Å². The summed E-state index contributed by atoms with van der Waals surface area (Å²) in [5.74, 6) is -0.493. The number of nitrogens with one attached hydrogen (secondary N) is 1. The molecule has 2 aromatic carbocycles. The molecule has 1 amide bonds. The summed E-state index contributed by atoms with van der Waals surface area (Å²) in [6.45, 7) is 3.49. The molecule has 1 heterocycles. The van der Waals surface area contributed by atoms with E-state index in [0.29, 0.717) is 10.7 Å². The molecule has 0 fully saturated rings. The van der Waals surface area contributed by atoms with Crippen LogP contribution in [0.5, 0.6) is 0 Å². The van der Waals surface area contributed by atoms with Crippen molar-refractivity contribution in [1.82, 2.24) is 9.78 Å². The van der Waals surface area contributed by atoms with Crippen molar-refractivity contribution in [2.75, 3.05) is 17.3 Å². The van der Waals surface area contributed by atoms with Crippen LogP contribution in [0.2, 0.25) is 5.02 Å². The van der Waals surface area contributed by atoms with Crippen LogP contribution >= 0.6 is 23.4 Å². The number of nitrogen functional groups attached to an aromatic ring is 1. The van der Waals surface area contributed by atoms with Crippen LogP contribution in [0.1, 0.15) is 11.1 Å². The molecule has 0 radical (unpaired) electrons. The van der Waals surface area contributed by atoms with Gasteiger partial charge in [-0.3, -0.25) is 4.79 Å². The number of carbonyl (C=O) groups excluding carboxylic acids is 1. The molecule has 0 bridgehead atoms. The Morgan fingerprint density at radius 3 is 2.47 bits per heavy atom. The third-order valence-corrected chi connectivity index (χ3v) is 7.50. The molecule has 3 aromatic rings. The minimum atomic E-state index is -3.89. The molecule has 1 aromatic heterocycles. The fraction of sp³-hybridized carbons (Fsp3) is 0.200. The van der Waals surface area contributed by atoms with E-state index < -0.39 is 15.7 Å². The van der Waals surface area contributed by atoms with Gasteiger partial charge in [-0.05, 0) is 49.9 Å². The Hall–Kier alpha value is -2.49. The van der Waals surface area contributed by atoms with Crippen LogP contribution in [-0.2, 0) is 21.2 Å². The summed E-state index contributed by atoms with van der Waals surface area (Å²) in [4.78, 5) is 12.5. The number of thioether (sulfide) groups is 1. The van der Waals surface area contributed by atoms with E-state index in [1.54, 1.807) is 36.6 Å². The van der Waals surface area contributed by atoms with E-state index in [4.69, 9.17) is 17.3 Å². The highest BCUT2D eigenvalue weighted by Crippen LogP contribution is 2.34. The van der Waals surface area contributed by atoms with Crippen molar-refractivity contribution in [1.29, 1.82) is 0 Å². The van der Waals surface area contributed by atoms with E-state index >= 15 is 0 Å². The number of halogens is 1. The molecule has 0 saturated carbocycles. The Kier molecular flexibility index (Phi) is 6.44. The Balaban J connectivity index is 1.90. The molecule has 30 heavy (non-hydrogen) atoms. The van der Waals surface area contributed by atoms with Gasteiger partial charge in [0.2, 0.25) is 15.7 Å². The number of carbonyl (C=O) groups is 1. The first-order chi connectivity index (χ1) is 14.1. The molecule has 0 unspecified atom stereocenters. The number of aromatic nitrogens is 2. The van der Waals surface area contributed by atoms with Gasteiger partial charge in [-0.25, -0.2) is 13.1 Å². The zero-order valence-corrected chi connectivity index (χ0v) is 19.0. The quantitative estimate of drug-likeness (QED) is 0.535. The Morgan fingerprint density at radius 1 is 1.20 bits per heavy atom. The molecule has 0 aliphatic heterocycles. The van der Waals surface area contributed by atoms with Crippen LogP contribution in [0.3, 0.4) is 0 Å². The average Bonchev–Trinajstić information content (AvgIpc) is 3.01. The van der Waals surface area contributed by atoms with Crippen LogP contribution in [-0.4, -0.2) is 30.4 Å². The monoisotopic (exact) mass is 464 g/mol. The van der Waals surface area contributed by atoms with E-state index in [0.717, 1.165) is 22.9 Å². The van der Waals surface area contributed by atoms with E-state index in [9.17, 15) is 13.2 Å². The van der Waals surface area contributed by atoms with E-state index in [1.807, 2.05) is 13.8 Å². The number of hydrogen-bond donors (Lipinski definition) is 2. The first-order valence-corrected chi connectivity index (χ1v) is 12.0. The summed E-state index contributed by atoms with van der Waals surface area (Å²) in [7, 11) is -3.89. The van der Waals surface area contributed by atoms with Gasteiger partial charge in [0.05, 0.1) is 4.90 Å². The molecule has 3 N–H and O–H groups in total. The highest BCUT2D eigenvalue weighted by Gasteiger charge is 2.29. The third kappa shape index (κ3) is 4.48. The first-order valence-electron chi connectivity index (χ1n) is 8.91. The number of amides is 1. The Morgan fingerprint density at radius 2 is 1.87 bits per heavy atom. The first kappa shape index (κ1) is 22.2. The standard InChI is InChI=1S/C20H21ClN4O3S2/c1-12-4-8-15(9-5-12)30(27,28)18-19(22)25(24-20(18)29-3)11-17(26)23-14-7-6-13(2)16(21)10-14/h4-10H,11,22H2,1-3H3,(H,23,26). The number of nitrogens with two attached hydrogens (primary N) is 1. The highest BCUT2D eigenvalue weighted by molar-refractivity contribution is 7.99. The maximum Gasteiger partial charge on any atom is 0.246 e. The van der Waals surface area contributed by atoms with Crippen LogP contribution in [0, 0.1) is 13.8 Å². The SMILES string of the molecule is CSc1nn(CC(=O)Nc2ccc(C)c(Cl)c2)c(N)c1S(=O)(=O)c1ccc(C)cc1. The second kappa shape index (κ2) is 8.71. The molecule has 0 aliphatic carbocycles. The maximum atomic E-state index is 13.1. The predicted molar refractivity (Wildman–Crippen MR) is 120 cm³/mol. The zero-order chi connectivity index (χ0) is 22.1. The Labute approximate surface area is 184 Å². The number of nitrogens with zero attached hydrogens (tertiary/aromatic N) is 2. The third-order valence-electron chi connectivity index (χ3n) is 4.46. The minimum absolute atomic E-state index is 0.0861. The fourth-order valence-corrected chi connectivity index (χ4v) is 5.40. The second-order valence-corrected chi connectivity index (χ2v) is 9.80. The lowest BCUT2D eigenvalue weighted by atomic mass is 10.2. The lowest BCUT2D eigenvalue weighted by Gasteiger charge is -2.09. The van der Waals surface area contributed by atoms with Crippen molar-refractivity contribution in [3.05, 3.63) is 58.6 Å². The number of sulfone groups is 1. The number of rotatable bonds is 6. The summed E-state index contributed by atoms with van der Waals surface area (Å²) in [6, 6.07) is 11.6. The fourth-order valence-electron chi connectivity index (χ4n) is 2.78. The topological polar surface area (TPSA) is 107 Å². The van der Waals surface area contributed by atoms with Crippen LogP contribution < -0.4 is 11.1 Å². The van der Waals surface area contributed by atoms with Crippen LogP contribution in [0.4, 0.5) is 11.5 Å². The maximum absolute atomic E-state index is 13.1. The Bertz CT molecular complexity index is 1210. The lowest BCUT2D eigenvalue weighted by molar-refractivity contribution is -0.116. The summed E-state index contributed by atoms with van der Waals surface area (Å²) >= 11 is 7.23. The van der Waals surface area contributed by atoms with Crippen LogP contribution in [0.15, 0.2) is 57.3 Å². The molecule has 7 nitrogen and oxygen atoms in total. The molecule has 0 atom stereocenters. The van der Waals surface area contributed by atoms with Gasteiger partial charge in [0.15, 0.2) is 0 Å². The average molecular weight is 465 g/mol. The molecule has 158 valence electrons. The van der Waals surface area contributed by atoms with Crippen molar-refractivity contribution in [2.24, 2.45) is 0 Å². The molecule has 0 spiro atoms. The van der Waals surface area contributed by atoms with Gasteiger partial charge >= 0.3 is 0 Å². The minimum Gasteiger partial charge on any atom is -0.383 e. The normalized spacial score (nSPS) is 11.5. The summed E-state index contributed by atoms with van der Waals surface area (Å²) < 4.78 is 27.5. The van der Waals surface area contributed by atoms with E-state index in [-0.39, 0.29) is 27.2 Å². The van der Waals surface area contributed by atoms with Crippen molar-refractivity contribution in [3.63, 3.8) is 0 Å². The van der Waals surface area contributed by atoms with Crippen molar-refractivity contribution < 1.29 is 13.2 Å². The van der Waals surface area contributed by atoms with Gasteiger partial charge in [0.1, 0.15) is 22.3 Å². The largest absolute Gasteiger partial charge is 0.383 e. The summed E-state index contributed by atoms with van der Waals surface area (Å²) in [6.07, 6.45) is 1.70. The smallest absolute Gasteiger partial charge is 0.246 e. The second-order valence-electron chi connectivity index (χ2n) is 6.71. The lowest BCUT2D eigenvalue weighted by Crippen LogP contribution is -2.21. The van der Waals surface area contributed by atoms with Crippen molar-refractivity contribution in [2.45, 2.75) is 35.2 Å². The molecule has 10 heteroatoms. The predicted octanol–water partition coefficient (Wildman–Crippen LogP) is 3.93. The number of benzene rings is 2. The molecule has 3 rings (SSSR count). The molecular formula is C20H21ClN4O3S2. The number of aryl methyl sites for hydroxylation is 2. The van der Waals surface area contributed by atoms with Crippen molar-refractivity contribution in [3.8, 4) is 0 Å². The van der Waals surface area contributed by atoms with Gasteiger partial charge in [-0.15, -0.1) is 11.8 Å². The number of hydrogen-bond acceptors (Lipinski definition) is 6. The van der Waals surface area contributed by atoms with Gasteiger partial charge in [0, 0.05) is 10.7 Å². The molecule has 0 aliphatic rings.